The van der Waals surface area contributed by atoms with E-state index in [0.29, 0.717) is 19.1 Å². The Labute approximate surface area is 127 Å². The normalized spacial score (nSPS) is 16.0. The Morgan fingerprint density at radius 1 is 1.47 bits per heavy atom. The first-order chi connectivity index (χ1) is 8.90. The van der Waals surface area contributed by atoms with Crippen molar-refractivity contribution in [1.82, 2.24) is 9.62 Å². The highest BCUT2D eigenvalue weighted by molar-refractivity contribution is 9.10. The molecular formula is C12H16BrClN2O2S. The predicted octanol–water partition coefficient (Wildman–Crippen LogP) is 2.48. The molecule has 0 saturated heterocycles. The van der Waals surface area contributed by atoms with Gasteiger partial charge >= 0.3 is 0 Å². The van der Waals surface area contributed by atoms with Crippen LogP contribution in [-0.2, 0) is 10.0 Å². The number of sulfonamides is 1. The molecule has 1 fully saturated rings. The smallest absolute Gasteiger partial charge is 0.242 e. The summed E-state index contributed by atoms with van der Waals surface area (Å²) in [6.45, 7) is 1.10. The van der Waals surface area contributed by atoms with E-state index in [1.807, 2.05) is 7.05 Å². The van der Waals surface area contributed by atoms with Gasteiger partial charge in [-0.25, -0.2) is 13.1 Å². The van der Waals surface area contributed by atoms with Gasteiger partial charge in [0, 0.05) is 23.6 Å². The third-order valence-electron chi connectivity index (χ3n) is 3.11. The van der Waals surface area contributed by atoms with Crippen LogP contribution >= 0.6 is 27.5 Å². The van der Waals surface area contributed by atoms with Crippen molar-refractivity contribution in [2.45, 2.75) is 23.8 Å². The molecule has 1 N–H and O–H groups in total. The summed E-state index contributed by atoms with van der Waals surface area (Å²) in [6, 6.07) is 5.36. The van der Waals surface area contributed by atoms with Crippen LogP contribution in [0.15, 0.2) is 27.6 Å². The van der Waals surface area contributed by atoms with Gasteiger partial charge in [0.15, 0.2) is 0 Å². The van der Waals surface area contributed by atoms with Crippen LogP contribution in [0.25, 0.3) is 0 Å². The van der Waals surface area contributed by atoms with Crippen LogP contribution < -0.4 is 4.72 Å². The van der Waals surface area contributed by atoms with E-state index in [0.717, 1.165) is 4.47 Å². The van der Waals surface area contributed by atoms with Gasteiger partial charge in [-0.3, -0.25) is 0 Å². The van der Waals surface area contributed by atoms with E-state index in [-0.39, 0.29) is 9.92 Å². The Kier molecular flexibility index (Phi) is 4.89. The van der Waals surface area contributed by atoms with E-state index in [4.69, 9.17) is 11.6 Å². The van der Waals surface area contributed by atoms with E-state index >= 15 is 0 Å². The van der Waals surface area contributed by atoms with Gasteiger partial charge in [0.05, 0.1) is 5.02 Å². The maximum atomic E-state index is 12.1. The van der Waals surface area contributed by atoms with Gasteiger partial charge < -0.3 is 4.90 Å². The Morgan fingerprint density at radius 2 is 2.16 bits per heavy atom. The third-order valence-corrected chi connectivity index (χ3v) is 5.55. The summed E-state index contributed by atoms with van der Waals surface area (Å²) < 4.78 is 27.5. The van der Waals surface area contributed by atoms with Crippen LogP contribution in [-0.4, -0.2) is 39.5 Å². The molecular weight excluding hydrogens is 352 g/mol. The molecule has 19 heavy (non-hydrogen) atoms. The summed E-state index contributed by atoms with van der Waals surface area (Å²) in [5, 5.41) is 0.220. The molecule has 1 saturated carbocycles. The zero-order chi connectivity index (χ0) is 14.0. The number of nitrogens with one attached hydrogen (secondary N) is 1. The molecule has 4 nitrogen and oxygen atoms in total. The summed E-state index contributed by atoms with van der Waals surface area (Å²) in [6.07, 6.45) is 2.42. The van der Waals surface area contributed by atoms with Crippen molar-refractivity contribution in [3.8, 4) is 0 Å². The molecule has 0 aromatic heterocycles. The van der Waals surface area contributed by atoms with Crippen molar-refractivity contribution in [2.75, 3.05) is 20.1 Å². The van der Waals surface area contributed by atoms with Gasteiger partial charge in [-0.2, -0.15) is 0 Å². The monoisotopic (exact) mass is 366 g/mol. The quantitative estimate of drug-likeness (QED) is 0.840. The molecule has 0 aliphatic heterocycles. The van der Waals surface area contributed by atoms with Crippen LogP contribution in [0.3, 0.4) is 0 Å². The molecule has 106 valence electrons. The predicted molar refractivity (Wildman–Crippen MR) is 80.0 cm³/mol. The highest BCUT2D eigenvalue weighted by atomic mass is 79.9. The van der Waals surface area contributed by atoms with Crippen molar-refractivity contribution in [2.24, 2.45) is 0 Å². The van der Waals surface area contributed by atoms with Crippen LogP contribution in [0, 0.1) is 0 Å². The molecule has 0 atom stereocenters. The highest BCUT2D eigenvalue weighted by Gasteiger charge is 2.26. The van der Waals surface area contributed by atoms with Crippen LogP contribution in [0.4, 0.5) is 0 Å². The minimum Gasteiger partial charge on any atom is -0.302 e. The van der Waals surface area contributed by atoms with E-state index in [1.165, 1.54) is 18.9 Å². The van der Waals surface area contributed by atoms with E-state index in [2.05, 4.69) is 25.6 Å². The Balaban J connectivity index is 1.97. The van der Waals surface area contributed by atoms with Crippen molar-refractivity contribution < 1.29 is 8.42 Å². The molecule has 0 unspecified atom stereocenters. The number of halogens is 2. The van der Waals surface area contributed by atoms with E-state index in [1.54, 1.807) is 12.1 Å². The Bertz CT molecular complexity index is 561. The lowest BCUT2D eigenvalue weighted by Gasteiger charge is -2.16. The lowest BCUT2D eigenvalue weighted by molar-refractivity contribution is 0.329. The van der Waals surface area contributed by atoms with Gasteiger partial charge in [0.2, 0.25) is 10.0 Å². The first-order valence-electron chi connectivity index (χ1n) is 6.05. The zero-order valence-corrected chi connectivity index (χ0v) is 13.7. The van der Waals surface area contributed by atoms with Crippen molar-refractivity contribution in [3.63, 3.8) is 0 Å². The second kappa shape index (κ2) is 6.10. The van der Waals surface area contributed by atoms with E-state index in [9.17, 15) is 8.42 Å². The molecule has 1 aromatic carbocycles. The fraction of sp³-hybridized carbons (Fsp3) is 0.500. The zero-order valence-electron chi connectivity index (χ0n) is 10.6. The van der Waals surface area contributed by atoms with Gasteiger partial charge in [0.25, 0.3) is 0 Å². The molecule has 0 bridgehead atoms. The largest absolute Gasteiger partial charge is 0.302 e. The molecule has 0 amide bonds. The molecule has 1 aliphatic carbocycles. The number of likely N-dealkylation sites (N-methyl/N-ethyl adjacent to an activating group) is 1. The van der Waals surface area contributed by atoms with Crippen molar-refractivity contribution >= 4 is 37.6 Å². The summed E-state index contributed by atoms with van der Waals surface area (Å²) in [7, 11) is -1.53. The average Bonchev–Trinajstić information content (AvgIpc) is 3.11. The number of nitrogens with zero attached hydrogens (tertiary/aromatic N) is 1. The maximum Gasteiger partial charge on any atom is 0.242 e. The summed E-state index contributed by atoms with van der Waals surface area (Å²) >= 11 is 9.21. The number of benzene rings is 1. The molecule has 0 spiro atoms. The van der Waals surface area contributed by atoms with Crippen LogP contribution in [0.1, 0.15) is 12.8 Å². The molecule has 2 rings (SSSR count). The van der Waals surface area contributed by atoms with Gasteiger partial charge in [-0.05, 0) is 38.1 Å². The molecule has 1 aliphatic rings. The minimum atomic E-state index is -3.54. The van der Waals surface area contributed by atoms with Crippen LogP contribution in [0.5, 0.6) is 0 Å². The minimum absolute atomic E-state index is 0.117. The second-order valence-corrected chi connectivity index (χ2v) is 7.74. The lowest BCUT2D eigenvalue weighted by Crippen LogP contribution is -2.34. The lowest BCUT2D eigenvalue weighted by atomic mass is 10.4. The second-order valence-electron chi connectivity index (χ2n) is 4.68. The summed E-state index contributed by atoms with van der Waals surface area (Å²) in [5.41, 5.74) is 0. The Morgan fingerprint density at radius 3 is 2.74 bits per heavy atom. The number of hydrogen-bond donors (Lipinski definition) is 1. The maximum absolute atomic E-state index is 12.1. The van der Waals surface area contributed by atoms with Crippen molar-refractivity contribution in [1.29, 1.82) is 0 Å². The Hall–Kier alpha value is -0.140. The molecule has 1 aromatic rings. The van der Waals surface area contributed by atoms with Crippen molar-refractivity contribution in [3.05, 3.63) is 27.7 Å². The third kappa shape index (κ3) is 4.16. The fourth-order valence-electron chi connectivity index (χ4n) is 1.83. The van der Waals surface area contributed by atoms with Gasteiger partial charge in [0.1, 0.15) is 4.90 Å². The van der Waals surface area contributed by atoms with Gasteiger partial charge in [-0.1, -0.05) is 27.5 Å². The van der Waals surface area contributed by atoms with E-state index < -0.39 is 10.0 Å². The molecule has 0 heterocycles. The average molecular weight is 368 g/mol. The van der Waals surface area contributed by atoms with Gasteiger partial charge in [-0.15, -0.1) is 0 Å². The number of rotatable bonds is 6. The SMILES string of the molecule is CN(CCNS(=O)(=O)c1ccc(Br)cc1Cl)C1CC1. The number of hydrogen-bond acceptors (Lipinski definition) is 3. The first kappa shape index (κ1) is 15.3. The topological polar surface area (TPSA) is 49.4 Å². The standard InChI is InChI=1S/C12H16BrClN2O2S/c1-16(10-3-4-10)7-6-15-19(17,18)12-5-2-9(13)8-11(12)14/h2,5,8,10,15H,3-4,6-7H2,1H3. The first-order valence-corrected chi connectivity index (χ1v) is 8.70. The molecule has 7 heteroatoms. The highest BCUT2D eigenvalue weighted by Crippen LogP contribution is 2.26. The summed E-state index contributed by atoms with van der Waals surface area (Å²) in [4.78, 5) is 2.29. The summed E-state index contributed by atoms with van der Waals surface area (Å²) in [5.74, 6) is 0. The fourth-order valence-corrected chi connectivity index (χ4v) is 3.88. The van der Waals surface area contributed by atoms with Crippen LogP contribution in [0.2, 0.25) is 5.02 Å². The molecule has 0 radical (unpaired) electrons.